The van der Waals surface area contributed by atoms with E-state index >= 15 is 0 Å². The zero-order chi connectivity index (χ0) is 18.8. The number of hydrogen-bond donors (Lipinski definition) is 0. The number of ketones is 1. The molecule has 4 rings (SSSR count). The highest BCUT2D eigenvalue weighted by atomic mass is 35.5. The molecule has 1 saturated carbocycles. The lowest BCUT2D eigenvalue weighted by Gasteiger charge is -2.37. The van der Waals surface area contributed by atoms with Gasteiger partial charge < -0.3 is 9.47 Å². The number of halogens is 1. The second-order valence-corrected chi connectivity index (χ2v) is 7.33. The molecule has 0 amide bonds. The van der Waals surface area contributed by atoms with E-state index in [9.17, 15) is 9.59 Å². The molecule has 4 nitrogen and oxygen atoms in total. The van der Waals surface area contributed by atoms with E-state index in [0.717, 1.165) is 5.56 Å². The van der Waals surface area contributed by atoms with Crippen LogP contribution in [0.5, 0.6) is 0 Å². The maximum absolute atomic E-state index is 12.9. The molecule has 0 spiro atoms. The molecule has 0 saturated heterocycles. The van der Waals surface area contributed by atoms with Crippen LogP contribution in [-0.2, 0) is 14.3 Å². The van der Waals surface area contributed by atoms with Crippen LogP contribution in [0.2, 0.25) is 5.02 Å². The van der Waals surface area contributed by atoms with Crippen molar-refractivity contribution in [1.29, 1.82) is 0 Å². The molecule has 1 heterocycles. The third kappa shape index (κ3) is 3.76. The van der Waals surface area contributed by atoms with Crippen LogP contribution in [0.15, 0.2) is 60.9 Å². The van der Waals surface area contributed by atoms with Gasteiger partial charge >= 0.3 is 5.97 Å². The molecule has 0 bridgehead atoms. The van der Waals surface area contributed by atoms with Gasteiger partial charge in [-0.15, -0.1) is 0 Å². The Balaban J connectivity index is 1.43. The van der Waals surface area contributed by atoms with Crippen LogP contribution in [-0.4, -0.2) is 24.0 Å². The van der Waals surface area contributed by atoms with Gasteiger partial charge in [0.05, 0.1) is 23.3 Å². The van der Waals surface area contributed by atoms with E-state index in [-0.39, 0.29) is 29.9 Å². The Morgan fingerprint density at radius 3 is 2.52 bits per heavy atom. The molecule has 0 radical (unpaired) electrons. The fraction of sp³-hybridized carbons (Fsp3) is 0.273. The molecule has 3 unspecified atom stereocenters. The van der Waals surface area contributed by atoms with Crippen molar-refractivity contribution in [3.05, 3.63) is 77.0 Å². The minimum atomic E-state index is -0.335. The zero-order valence-corrected chi connectivity index (χ0v) is 15.4. The van der Waals surface area contributed by atoms with Gasteiger partial charge in [0.15, 0.2) is 5.78 Å². The first-order valence-electron chi connectivity index (χ1n) is 9.03. The van der Waals surface area contributed by atoms with E-state index in [2.05, 4.69) is 0 Å². The molecule has 1 fully saturated rings. The van der Waals surface area contributed by atoms with Crippen molar-refractivity contribution in [2.45, 2.75) is 31.5 Å². The molecule has 27 heavy (non-hydrogen) atoms. The van der Waals surface area contributed by atoms with Crippen molar-refractivity contribution in [3.8, 4) is 0 Å². The summed E-state index contributed by atoms with van der Waals surface area (Å²) in [6, 6.07) is 16.1. The molecule has 138 valence electrons. The number of allylic oxidation sites excluding steroid dienone is 1. The first-order chi connectivity index (χ1) is 13.1. The molecule has 2 aromatic carbocycles. The number of carbonyl (C=O) groups excluding carboxylic acids is 2. The molecule has 0 N–H and O–H groups in total. The van der Waals surface area contributed by atoms with Gasteiger partial charge in [-0.2, -0.15) is 0 Å². The summed E-state index contributed by atoms with van der Waals surface area (Å²) in [5.41, 5.74) is 1.92. The monoisotopic (exact) mass is 382 g/mol. The number of ether oxygens (including phenoxy) is 2. The quantitative estimate of drug-likeness (QED) is 0.723. The number of carbonyl (C=O) groups is 2. The number of rotatable bonds is 3. The summed E-state index contributed by atoms with van der Waals surface area (Å²) < 4.78 is 11.5. The summed E-state index contributed by atoms with van der Waals surface area (Å²) in [6.45, 7) is 0. The largest absolute Gasteiger partial charge is 0.496 e. The Kier molecular flexibility index (Phi) is 4.99. The van der Waals surface area contributed by atoms with Crippen LogP contribution in [0.4, 0.5) is 0 Å². The van der Waals surface area contributed by atoms with Crippen molar-refractivity contribution in [3.63, 3.8) is 0 Å². The average Bonchev–Trinajstić information content (AvgIpc) is 2.70. The topological polar surface area (TPSA) is 52.6 Å². The van der Waals surface area contributed by atoms with Crippen LogP contribution >= 0.6 is 11.6 Å². The lowest BCUT2D eigenvalue weighted by atomic mass is 9.78. The molecule has 5 heteroatoms. The van der Waals surface area contributed by atoms with E-state index in [1.165, 1.54) is 6.26 Å². The number of Topliss-reactive ketones (excluding diaryl/α,β-unsaturated/α-hetero) is 1. The van der Waals surface area contributed by atoms with Gasteiger partial charge in [0, 0.05) is 11.4 Å². The number of benzene rings is 2. The molecular formula is C22H19ClO4. The summed E-state index contributed by atoms with van der Waals surface area (Å²) in [6.07, 6.45) is 2.87. The lowest BCUT2D eigenvalue weighted by Crippen LogP contribution is -2.41. The van der Waals surface area contributed by atoms with Crippen LogP contribution < -0.4 is 0 Å². The van der Waals surface area contributed by atoms with E-state index in [4.69, 9.17) is 21.1 Å². The fourth-order valence-corrected chi connectivity index (χ4v) is 3.82. The lowest BCUT2D eigenvalue weighted by molar-refractivity contribution is -0.126. The molecular weight excluding hydrogens is 364 g/mol. The molecule has 0 aromatic heterocycles. The normalized spacial score (nSPS) is 24.4. The van der Waals surface area contributed by atoms with Crippen LogP contribution in [0.1, 0.15) is 35.2 Å². The van der Waals surface area contributed by atoms with E-state index in [1.54, 1.807) is 36.4 Å². The minimum absolute atomic E-state index is 0.0846. The Hall–Kier alpha value is -2.59. The van der Waals surface area contributed by atoms with Crippen molar-refractivity contribution < 1.29 is 19.1 Å². The summed E-state index contributed by atoms with van der Waals surface area (Å²) in [5.74, 6) is -0.452. The van der Waals surface area contributed by atoms with E-state index < -0.39 is 0 Å². The van der Waals surface area contributed by atoms with Crippen molar-refractivity contribution in [1.82, 2.24) is 0 Å². The van der Waals surface area contributed by atoms with Crippen molar-refractivity contribution in [2.75, 3.05) is 0 Å². The Bertz CT molecular complexity index is 873. The highest BCUT2D eigenvalue weighted by Gasteiger charge is 2.41. The molecule has 1 aliphatic carbocycles. The molecule has 2 aliphatic rings. The summed E-state index contributed by atoms with van der Waals surface area (Å²) in [7, 11) is 0. The summed E-state index contributed by atoms with van der Waals surface area (Å²) in [4.78, 5) is 25.2. The van der Waals surface area contributed by atoms with Crippen LogP contribution in [0.3, 0.4) is 0 Å². The number of hydrogen-bond acceptors (Lipinski definition) is 4. The van der Waals surface area contributed by atoms with Gasteiger partial charge in [-0.3, -0.25) is 4.79 Å². The van der Waals surface area contributed by atoms with Gasteiger partial charge in [-0.25, -0.2) is 4.79 Å². The molecule has 2 aromatic rings. The zero-order valence-electron chi connectivity index (χ0n) is 14.6. The van der Waals surface area contributed by atoms with E-state index in [1.807, 2.05) is 18.2 Å². The fourth-order valence-electron chi connectivity index (χ4n) is 3.70. The SMILES string of the molecule is O=C(OC1CCC2C(=O)C(c3ccc(Cl)cc3)=COC2C1)c1ccccc1. The van der Waals surface area contributed by atoms with E-state index in [0.29, 0.717) is 35.4 Å². The Morgan fingerprint density at radius 1 is 1.04 bits per heavy atom. The number of fused-ring (bicyclic) bond motifs is 1. The van der Waals surface area contributed by atoms with Gasteiger partial charge in [-0.05, 0) is 42.7 Å². The summed E-state index contributed by atoms with van der Waals surface area (Å²) >= 11 is 5.92. The predicted octanol–water partition coefficient (Wildman–Crippen LogP) is 4.67. The van der Waals surface area contributed by atoms with Gasteiger partial charge in [0.2, 0.25) is 0 Å². The minimum Gasteiger partial charge on any atom is -0.496 e. The second kappa shape index (κ2) is 7.57. The Morgan fingerprint density at radius 2 is 1.78 bits per heavy atom. The maximum atomic E-state index is 12.9. The van der Waals surface area contributed by atoms with Crippen LogP contribution in [0, 0.1) is 5.92 Å². The van der Waals surface area contributed by atoms with Gasteiger partial charge in [-0.1, -0.05) is 41.9 Å². The number of esters is 1. The first-order valence-corrected chi connectivity index (χ1v) is 9.41. The first kappa shape index (κ1) is 17.8. The summed E-state index contributed by atoms with van der Waals surface area (Å²) in [5, 5.41) is 0.627. The second-order valence-electron chi connectivity index (χ2n) is 6.89. The van der Waals surface area contributed by atoms with Gasteiger partial charge in [0.1, 0.15) is 12.2 Å². The molecule has 1 aliphatic heterocycles. The maximum Gasteiger partial charge on any atom is 0.338 e. The standard InChI is InChI=1S/C22H19ClO4/c23-16-8-6-14(7-9-16)19-13-26-20-12-17(10-11-18(20)21(19)24)27-22(25)15-4-2-1-3-5-15/h1-9,13,17-18,20H,10-12H2. The van der Waals surface area contributed by atoms with Crippen molar-refractivity contribution >= 4 is 28.9 Å². The highest BCUT2D eigenvalue weighted by Crippen LogP contribution is 2.37. The van der Waals surface area contributed by atoms with Crippen LogP contribution in [0.25, 0.3) is 5.57 Å². The third-order valence-electron chi connectivity index (χ3n) is 5.14. The smallest absolute Gasteiger partial charge is 0.338 e. The van der Waals surface area contributed by atoms with Gasteiger partial charge in [0.25, 0.3) is 0 Å². The third-order valence-corrected chi connectivity index (χ3v) is 5.40. The Labute approximate surface area is 162 Å². The average molecular weight is 383 g/mol. The molecule has 3 atom stereocenters. The predicted molar refractivity (Wildman–Crippen MR) is 102 cm³/mol. The highest BCUT2D eigenvalue weighted by molar-refractivity contribution is 6.30. The van der Waals surface area contributed by atoms with Crippen molar-refractivity contribution in [2.24, 2.45) is 5.92 Å².